The molecule has 1 aliphatic carbocycles. The van der Waals surface area contributed by atoms with Gasteiger partial charge in [-0.2, -0.15) is 0 Å². The van der Waals surface area contributed by atoms with Crippen molar-refractivity contribution in [1.82, 2.24) is 34.6 Å². The van der Waals surface area contributed by atoms with Gasteiger partial charge in [0.2, 0.25) is 11.8 Å². The van der Waals surface area contributed by atoms with E-state index >= 15 is 0 Å². The van der Waals surface area contributed by atoms with Gasteiger partial charge < -0.3 is 24.5 Å². The summed E-state index contributed by atoms with van der Waals surface area (Å²) in [6.45, 7) is 8.45. The number of carbonyl (C=O) groups is 2. The molecule has 2 amide bonds. The van der Waals surface area contributed by atoms with Crippen LogP contribution in [0.4, 0.5) is 0 Å². The molecule has 3 aromatic carbocycles. The maximum absolute atomic E-state index is 13.9. The van der Waals surface area contributed by atoms with Crippen LogP contribution in [-0.2, 0) is 14.3 Å². The largest absolute Gasteiger partial charge is 0.368 e. The van der Waals surface area contributed by atoms with Crippen molar-refractivity contribution in [3.05, 3.63) is 108 Å². The van der Waals surface area contributed by atoms with Gasteiger partial charge in [-0.1, -0.05) is 106 Å². The third kappa shape index (κ3) is 8.41. The molecule has 2 saturated heterocycles. The van der Waals surface area contributed by atoms with Crippen LogP contribution in [-0.4, -0.2) is 86.3 Å². The highest BCUT2D eigenvalue weighted by atomic mass is 16.5. The summed E-state index contributed by atoms with van der Waals surface area (Å²) in [7, 11) is 3.93. The predicted molar refractivity (Wildman–Crippen MR) is 228 cm³/mol. The van der Waals surface area contributed by atoms with Crippen LogP contribution in [0.1, 0.15) is 101 Å². The number of aromatic nitrogens is 4. The number of benzene rings is 3. The van der Waals surface area contributed by atoms with Crippen molar-refractivity contribution >= 4 is 11.8 Å². The summed E-state index contributed by atoms with van der Waals surface area (Å²) < 4.78 is 6.35. The third-order valence-electron chi connectivity index (χ3n) is 12.9. The van der Waals surface area contributed by atoms with Gasteiger partial charge in [-0.3, -0.25) is 14.5 Å². The highest BCUT2D eigenvalue weighted by Crippen LogP contribution is 2.38. The molecule has 6 atom stereocenters. The summed E-state index contributed by atoms with van der Waals surface area (Å²) in [4.78, 5) is 50.0. The van der Waals surface area contributed by atoms with Gasteiger partial charge >= 0.3 is 0 Å². The van der Waals surface area contributed by atoms with E-state index in [1.807, 2.05) is 71.5 Å². The summed E-state index contributed by atoms with van der Waals surface area (Å²) in [6, 6.07) is 26.6. The Morgan fingerprint density at radius 3 is 1.83 bits per heavy atom. The first kappa shape index (κ1) is 39.8. The fraction of sp³-hybridized carbons (Fsp3) is 0.458. The molecule has 4 heterocycles. The molecule has 0 spiro atoms. The van der Waals surface area contributed by atoms with Gasteiger partial charge in [0.25, 0.3) is 0 Å². The molecule has 2 N–H and O–H groups in total. The van der Waals surface area contributed by atoms with Gasteiger partial charge in [-0.25, -0.2) is 9.97 Å². The average molecular weight is 782 g/mol. The van der Waals surface area contributed by atoms with Crippen LogP contribution in [0.2, 0.25) is 0 Å². The summed E-state index contributed by atoms with van der Waals surface area (Å²) in [6.07, 6.45) is 11.1. The van der Waals surface area contributed by atoms with Crippen LogP contribution in [0.3, 0.4) is 0 Å². The Morgan fingerprint density at radius 1 is 0.741 bits per heavy atom. The molecule has 304 valence electrons. The number of carbonyl (C=O) groups excluding carboxylic acids is 2. The second kappa shape index (κ2) is 17.4. The lowest BCUT2D eigenvalue weighted by Crippen LogP contribution is -2.40. The van der Waals surface area contributed by atoms with Crippen LogP contribution in [0, 0.1) is 17.8 Å². The molecule has 8 rings (SSSR count). The molecular formula is C48H59N7O3. The summed E-state index contributed by atoms with van der Waals surface area (Å²) in [5, 5.41) is 0. The molecule has 3 fully saturated rings. The second-order valence-corrected chi connectivity index (χ2v) is 17.4. The molecule has 5 aromatic rings. The zero-order chi connectivity index (χ0) is 40.3. The standard InChI is InChI=1S/C48H59N7O3/c1-31(2)38-24-15-32(3)27-43(38)58-30-44(56)54-25-9-13-41(54)46-49-28-39(51-46)35-20-16-33(17-21-35)34-18-22-36(23-19-34)40-29-50-47(52-40)42-14-10-26-55(42)48(57)45(53(4)5)37-11-7-6-8-12-37/h6-8,11-12,16-23,28-29,31-32,38,41-43,45H,9-10,13-15,24-27,30H2,1-5H3,(H,49,51)(H,50,52)/t32-,38+,41+,42+,43-,45-/m1/s1. The van der Waals surface area contributed by atoms with Crippen molar-refractivity contribution in [2.75, 3.05) is 33.8 Å². The lowest BCUT2D eigenvalue weighted by Gasteiger charge is -2.37. The van der Waals surface area contributed by atoms with Gasteiger partial charge in [-0.05, 0) is 98.2 Å². The lowest BCUT2D eigenvalue weighted by molar-refractivity contribution is -0.142. The van der Waals surface area contributed by atoms with Gasteiger partial charge in [0.05, 0.1) is 42.0 Å². The van der Waals surface area contributed by atoms with E-state index in [2.05, 4.69) is 79.3 Å². The molecular weight excluding hydrogens is 723 g/mol. The van der Waals surface area contributed by atoms with E-state index in [1.165, 1.54) is 12.8 Å². The monoisotopic (exact) mass is 781 g/mol. The first-order valence-electron chi connectivity index (χ1n) is 21.4. The Labute approximate surface area is 343 Å². The minimum atomic E-state index is -0.339. The Kier molecular flexibility index (Phi) is 11.9. The number of aromatic amines is 2. The molecule has 10 heteroatoms. The number of hydrogen-bond donors (Lipinski definition) is 2. The van der Waals surface area contributed by atoms with Crippen molar-refractivity contribution in [1.29, 1.82) is 0 Å². The van der Waals surface area contributed by atoms with Crippen LogP contribution in [0.15, 0.2) is 91.3 Å². The molecule has 1 saturated carbocycles. The highest BCUT2D eigenvalue weighted by Gasteiger charge is 2.38. The normalized spacial score (nSPS) is 22.9. The Bertz CT molecular complexity index is 2140. The highest BCUT2D eigenvalue weighted by molar-refractivity contribution is 5.84. The van der Waals surface area contributed by atoms with E-state index in [9.17, 15) is 9.59 Å². The van der Waals surface area contributed by atoms with E-state index in [-0.39, 0.29) is 42.7 Å². The van der Waals surface area contributed by atoms with Crippen LogP contribution < -0.4 is 0 Å². The van der Waals surface area contributed by atoms with E-state index in [0.717, 1.165) is 96.0 Å². The number of likely N-dealkylation sites (N-methyl/N-ethyl adjacent to an activating group) is 1. The summed E-state index contributed by atoms with van der Waals surface area (Å²) >= 11 is 0. The van der Waals surface area contributed by atoms with E-state index in [0.29, 0.717) is 17.8 Å². The average Bonchev–Trinajstić information content (AvgIpc) is 4.07. The molecule has 0 bridgehead atoms. The third-order valence-corrected chi connectivity index (χ3v) is 12.9. The maximum atomic E-state index is 13.9. The lowest BCUT2D eigenvalue weighted by atomic mass is 9.75. The maximum Gasteiger partial charge on any atom is 0.249 e. The van der Waals surface area contributed by atoms with Crippen LogP contribution in [0.25, 0.3) is 33.6 Å². The predicted octanol–water partition coefficient (Wildman–Crippen LogP) is 9.24. The zero-order valence-electron chi connectivity index (χ0n) is 34.7. The molecule has 3 aliphatic rings. The number of nitrogens with one attached hydrogen (secondary N) is 2. The van der Waals surface area contributed by atoms with Gasteiger partial charge in [-0.15, -0.1) is 0 Å². The molecule has 0 radical (unpaired) electrons. The van der Waals surface area contributed by atoms with Crippen molar-refractivity contribution in [2.45, 2.75) is 89.9 Å². The van der Waals surface area contributed by atoms with Gasteiger partial charge in [0, 0.05) is 13.1 Å². The van der Waals surface area contributed by atoms with Crippen molar-refractivity contribution in [2.24, 2.45) is 17.8 Å². The Morgan fingerprint density at radius 2 is 1.28 bits per heavy atom. The minimum Gasteiger partial charge on any atom is -0.368 e. The quantitative estimate of drug-likeness (QED) is 0.131. The molecule has 2 aliphatic heterocycles. The number of H-pyrrole nitrogens is 2. The van der Waals surface area contributed by atoms with Crippen molar-refractivity contribution < 1.29 is 14.3 Å². The molecule has 58 heavy (non-hydrogen) atoms. The molecule has 0 unspecified atom stereocenters. The van der Waals surface area contributed by atoms with Gasteiger partial charge in [0.15, 0.2) is 0 Å². The molecule has 10 nitrogen and oxygen atoms in total. The van der Waals surface area contributed by atoms with E-state index in [4.69, 9.17) is 14.7 Å². The smallest absolute Gasteiger partial charge is 0.249 e. The Hall–Kier alpha value is -5.06. The minimum absolute atomic E-state index is 0.0607. The van der Waals surface area contributed by atoms with Crippen molar-refractivity contribution in [3.8, 4) is 33.6 Å². The SMILES string of the molecule is CC(C)[C@@H]1CC[C@@H](C)C[C@H]1OCC(=O)N1CCC[C@H]1c1ncc(-c2ccc(-c3ccc(-c4cnc([C@@H]5CCCN5C(=O)[C@@H](c5ccccc5)N(C)C)[nH]4)cc3)cc2)[nH]1. The topological polar surface area (TPSA) is 110 Å². The Balaban J connectivity index is 0.890. The number of imidazole rings is 2. The fourth-order valence-corrected chi connectivity index (χ4v) is 9.68. The van der Waals surface area contributed by atoms with Crippen LogP contribution in [0.5, 0.6) is 0 Å². The molecule has 2 aromatic heterocycles. The number of rotatable bonds is 12. The summed E-state index contributed by atoms with van der Waals surface area (Å²) in [5.74, 6) is 3.56. The van der Waals surface area contributed by atoms with Crippen LogP contribution >= 0.6 is 0 Å². The number of hydrogen-bond acceptors (Lipinski definition) is 6. The first-order valence-corrected chi connectivity index (χ1v) is 21.4. The number of amides is 2. The fourth-order valence-electron chi connectivity index (χ4n) is 9.68. The van der Waals surface area contributed by atoms with E-state index < -0.39 is 0 Å². The first-order chi connectivity index (χ1) is 28.1. The van der Waals surface area contributed by atoms with E-state index in [1.54, 1.807) is 0 Å². The van der Waals surface area contributed by atoms with Gasteiger partial charge in [0.1, 0.15) is 24.3 Å². The number of ether oxygens (including phenoxy) is 1. The summed E-state index contributed by atoms with van der Waals surface area (Å²) in [5.41, 5.74) is 7.21. The van der Waals surface area contributed by atoms with Crippen molar-refractivity contribution in [3.63, 3.8) is 0 Å². The second-order valence-electron chi connectivity index (χ2n) is 17.4. The number of likely N-dealkylation sites (tertiary alicyclic amines) is 2. The number of nitrogens with zero attached hydrogens (tertiary/aromatic N) is 5. The zero-order valence-corrected chi connectivity index (χ0v) is 34.7.